The molecule has 4 heteroatoms. The molecule has 0 spiro atoms. The van der Waals surface area contributed by atoms with Gasteiger partial charge in [-0.1, -0.05) is 78.9 Å². The zero-order chi connectivity index (χ0) is 20.5. The smallest absolute Gasteiger partial charge is 0.243 e. The summed E-state index contributed by atoms with van der Waals surface area (Å²) in [4.78, 5) is 12.2. The normalized spacial score (nSPS) is 15.7. The van der Waals surface area contributed by atoms with Crippen molar-refractivity contribution in [1.82, 2.24) is 5.01 Å². The number of hydrogen-bond acceptors (Lipinski definition) is 3. The van der Waals surface area contributed by atoms with Gasteiger partial charge in [0.25, 0.3) is 0 Å². The van der Waals surface area contributed by atoms with Gasteiger partial charge in [-0.15, -0.1) is 5.10 Å². The first-order chi connectivity index (χ1) is 14.7. The van der Waals surface area contributed by atoms with Crippen molar-refractivity contribution < 1.29 is 9.53 Å². The summed E-state index contributed by atoms with van der Waals surface area (Å²) in [5, 5.41) is 8.13. The van der Waals surface area contributed by atoms with E-state index in [1.165, 1.54) is 11.9 Å². The minimum Gasteiger partial charge on any atom is -0.446 e. The van der Waals surface area contributed by atoms with E-state index in [2.05, 4.69) is 29.4 Å². The molecule has 1 heterocycles. The minimum atomic E-state index is -0.573. The Morgan fingerprint density at radius 2 is 1.40 bits per heavy atom. The molecule has 30 heavy (non-hydrogen) atoms. The summed E-state index contributed by atoms with van der Waals surface area (Å²) in [6.45, 7) is 1.50. The summed E-state index contributed by atoms with van der Waals surface area (Å²) >= 11 is 0. The Bertz CT molecular complexity index is 1250. The van der Waals surface area contributed by atoms with Gasteiger partial charge in [-0.2, -0.15) is 5.01 Å². The lowest BCUT2D eigenvalue weighted by Crippen LogP contribution is -2.25. The molecule has 4 aromatic rings. The highest BCUT2D eigenvalue weighted by molar-refractivity contribution is 5.97. The van der Waals surface area contributed by atoms with E-state index in [9.17, 15) is 4.79 Å². The molecule has 1 atom stereocenters. The molecule has 0 saturated carbocycles. The van der Waals surface area contributed by atoms with Crippen LogP contribution >= 0.6 is 0 Å². The van der Waals surface area contributed by atoms with Crippen LogP contribution in [0.2, 0.25) is 0 Å². The Labute approximate surface area is 175 Å². The average Bonchev–Trinajstić information content (AvgIpc) is 3.25. The van der Waals surface area contributed by atoms with Gasteiger partial charge < -0.3 is 4.74 Å². The monoisotopic (exact) mass is 392 g/mol. The third-order valence-electron chi connectivity index (χ3n) is 5.26. The Morgan fingerprint density at radius 1 is 0.767 bits per heavy atom. The van der Waals surface area contributed by atoms with Crippen molar-refractivity contribution in [2.24, 2.45) is 5.10 Å². The van der Waals surface area contributed by atoms with Crippen LogP contribution in [0.1, 0.15) is 24.3 Å². The van der Waals surface area contributed by atoms with Crippen molar-refractivity contribution in [3.8, 4) is 11.1 Å². The number of nitrogens with zero attached hydrogens (tertiary/aromatic N) is 2. The Morgan fingerprint density at radius 3 is 2.13 bits per heavy atom. The predicted octanol–water partition coefficient (Wildman–Crippen LogP) is 5.75. The van der Waals surface area contributed by atoms with Crippen LogP contribution in [0, 0.1) is 0 Å². The molecular formula is C26H20N2O2. The zero-order valence-electron chi connectivity index (χ0n) is 16.5. The van der Waals surface area contributed by atoms with E-state index < -0.39 is 6.23 Å². The van der Waals surface area contributed by atoms with Gasteiger partial charge >= 0.3 is 0 Å². The van der Waals surface area contributed by atoms with E-state index in [0.29, 0.717) is 5.90 Å². The third-order valence-corrected chi connectivity index (χ3v) is 5.26. The van der Waals surface area contributed by atoms with E-state index in [1.54, 1.807) is 0 Å². The van der Waals surface area contributed by atoms with Crippen molar-refractivity contribution in [3.63, 3.8) is 0 Å². The second-order valence-electron chi connectivity index (χ2n) is 7.29. The second-order valence-corrected chi connectivity index (χ2v) is 7.29. The third kappa shape index (κ3) is 3.33. The van der Waals surface area contributed by atoms with E-state index in [4.69, 9.17) is 4.74 Å². The summed E-state index contributed by atoms with van der Waals surface area (Å²) in [6, 6.07) is 32.4. The molecule has 1 aliphatic rings. The number of rotatable bonds is 3. The maximum Gasteiger partial charge on any atom is 0.243 e. The molecule has 0 saturated heterocycles. The van der Waals surface area contributed by atoms with Crippen LogP contribution in [0.3, 0.4) is 0 Å². The summed E-state index contributed by atoms with van der Waals surface area (Å²) in [5.41, 5.74) is 4.00. The molecule has 0 N–H and O–H groups in total. The van der Waals surface area contributed by atoms with Gasteiger partial charge in [-0.05, 0) is 40.1 Å². The Kier molecular flexibility index (Phi) is 4.52. The number of hydrazone groups is 1. The fraction of sp³-hybridized carbons (Fsp3) is 0.0769. The molecule has 0 radical (unpaired) electrons. The number of hydrogen-bond donors (Lipinski definition) is 0. The first kappa shape index (κ1) is 18.1. The topological polar surface area (TPSA) is 41.9 Å². The Balaban J connectivity index is 1.45. The van der Waals surface area contributed by atoms with Gasteiger partial charge in [0.05, 0.1) is 0 Å². The molecule has 4 aromatic carbocycles. The van der Waals surface area contributed by atoms with Crippen molar-refractivity contribution in [2.45, 2.75) is 13.2 Å². The molecule has 1 aliphatic heterocycles. The molecule has 0 bridgehead atoms. The van der Waals surface area contributed by atoms with Crippen LogP contribution < -0.4 is 0 Å². The second kappa shape index (κ2) is 7.48. The highest BCUT2D eigenvalue weighted by Gasteiger charge is 2.33. The highest BCUT2D eigenvalue weighted by atomic mass is 16.5. The number of carbonyl (C=O) groups excluding carboxylic acids is 1. The number of fused-ring (bicyclic) bond motifs is 1. The molecule has 0 aliphatic carbocycles. The molecule has 5 rings (SSSR count). The maximum absolute atomic E-state index is 12.2. The number of benzene rings is 4. The largest absolute Gasteiger partial charge is 0.446 e. The van der Waals surface area contributed by atoms with Crippen LogP contribution in [0.15, 0.2) is 102 Å². The van der Waals surface area contributed by atoms with Crippen LogP contribution in [-0.2, 0) is 9.53 Å². The SMILES string of the molecule is CC(=O)N1N=C(c2ccc(-c3ccccc3)cc2)OC1c1ccc2ccccc2c1. The van der Waals surface area contributed by atoms with Gasteiger partial charge in [0.1, 0.15) is 0 Å². The van der Waals surface area contributed by atoms with Gasteiger partial charge in [-0.3, -0.25) is 4.79 Å². The summed E-state index contributed by atoms with van der Waals surface area (Å²) in [7, 11) is 0. The molecule has 0 aromatic heterocycles. The van der Waals surface area contributed by atoms with Gasteiger partial charge in [0.15, 0.2) is 0 Å². The molecule has 0 fully saturated rings. The van der Waals surface area contributed by atoms with Crippen LogP contribution in [0.25, 0.3) is 21.9 Å². The van der Waals surface area contributed by atoms with Crippen LogP contribution in [0.4, 0.5) is 0 Å². The van der Waals surface area contributed by atoms with E-state index in [0.717, 1.165) is 33.0 Å². The van der Waals surface area contributed by atoms with Crippen molar-refractivity contribution in [2.75, 3.05) is 0 Å². The van der Waals surface area contributed by atoms with E-state index >= 15 is 0 Å². The quantitative estimate of drug-likeness (QED) is 0.446. The maximum atomic E-state index is 12.2. The molecule has 146 valence electrons. The standard InChI is InChI=1S/C26H20N2O2/c1-18(29)28-26(24-16-13-20-9-5-6-10-23(20)17-24)30-25(27-28)22-14-11-21(12-15-22)19-7-3-2-4-8-19/h2-17,26H,1H3. The molecular weight excluding hydrogens is 372 g/mol. The molecule has 1 amide bonds. The lowest BCUT2D eigenvalue weighted by Gasteiger charge is -2.19. The number of carbonyl (C=O) groups is 1. The number of ether oxygens (including phenoxy) is 1. The summed E-state index contributed by atoms with van der Waals surface area (Å²) in [5.74, 6) is 0.284. The fourth-order valence-electron chi connectivity index (χ4n) is 3.70. The zero-order valence-corrected chi connectivity index (χ0v) is 16.5. The minimum absolute atomic E-state index is 0.163. The van der Waals surface area contributed by atoms with Gasteiger partial charge in [-0.25, -0.2) is 0 Å². The number of amides is 1. The highest BCUT2D eigenvalue weighted by Crippen LogP contribution is 2.32. The van der Waals surface area contributed by atoms with E-state index in [-0.39, 0.29) is 5.91 Å². The summed E-state index contributed by atoms with van der Waals surface area (Å²) in [6.07, 6.45) is -0.573. The summed E-state index contributed by atoms with van der Waals surface area (Å²) < 4.78 is 6.16. The molecule has 4 nitrogen and oxygen atoms in total. The van der Waals surface area contributed by atoms with Gasteiger partial charge in [0.2, 0.25) is 18.0 Å². The van der Waals surface area contributed by atoms with Crippen LogP contribution in [-0.4, -0.2) is 16.8 Å². The van der Waals surface area contributed by atoms with Gasteiger partial charge in [0, 0.05) is 18.1 Å². The van der Waals surface area contributed by atoms with Crippen molar-refractivity contribution >= 4 is 22.6 Å². The van der Waals surface area contributed by atoms with Crippen molar-refractivity contribution in [3.05, 3.63) is 108 Å². The fourth-order valence-corrected chi connectivity index (χ4v) is 3.70. The average molecular weight is 392 g/mol. The Hall–Kier alpha value is -3.92. The first-order valence-corrected chi connectivity index (χ1v) is 9.89. The van der Waals surface area contributed by atoms with E-state index in [1.807, 2.05) is 72.8 Å². The lowest BCUT2D eigenvalue weighted by molar-refractivity contribution is -0.135. The van der Waals surface area contributed by atoms with Crippen LogP contribution in [0.5, 0.6) is 0 Å². The molecule has 1 unspecified atom stereocenters. The lowest BCUT2D eigenvalue weighted by atomic mass is 10.0. The first-order valence-electron chi connectivity index (χ1n) is 9.89. The van der Waals surface area contributed by atoms with Crippen molar-refractivity contribution in [1.29, 1.82) is 0 Å². The predicted molar refractivity (Wildman–Crippen MR) is 119 cm³/mol.